The van der Waals surface area contributed by atoms with Crippen LogP contribution in [0.3, 0.4) is 0 Å². The molecule has 33 heavy (non-hydrogen) atoms. The first kappa shape index (κ1) is 21.4. The number of aromatic nitrogens is 1. The number of anilines is 2. The number of amides is 1. The summed E-state index contributed by atoms with van der Waals surface area (Å²) in [5.74, 6) is -0.207. The Hall–Kier alpha value is -3.45. The highest BCUT2D eigenvalue weighted by Gasteiger charge is 2.40. The van der Waals surface area contributed by atoms with Gasteiger partial charge in [-0.2, -0.15) is 10.1 Å². The molecule has 7 heteroatoms. The molecule has 1 amide bonds. The molecular formula is C26H26N4O2S. The maximum atomic E-state index is 13.7. The average molecular weight is 459 g/mol. The van der Waals surface area contributed by atoms with Crippen molar-refractivity contribution in [2.24, 2.45) is 5.10 Å². The van der Waals surface area contributed by atoms with Gasteiger partial charge in [0, 0.05) is 24.7 Å². The van der Waals surface area contributed by atoms with Crippen LogP contribution < -0.4 is 24.7 Å². The number of hydrogen-bond donors (Lipinski definition) is 0. The van der Waals surface area contributed by atoms with Crippen molar-refractivity contribution in [2.45, 2.75) is 39.7 Å². The number of likely N-dealkylation sites (N-methyl/N-ethyl adjacent to an activating group) is 1. The van der Waals surface area contributed by atoms with Crippen LogP contribution in [0.15, 0.2) is 64.5 Å². The molecule has 5 rings (SSSR count). The number of para-hydroxylation sites is 2. The predicted molar refractivity (Wildman–Crippen MR) is 135 cm³/mol. The van der Waals surface area contributed by atoms with Crippen LogP contribution in [0.4, 0.5) is 11.4 Å². The zero-order valence-corrected chi connectivity index (χ0v) is 20.2. The fourth-order valence-corrected chi connectivity index (χ4v) is 6.47. The van der Waals surface area contributed by atoms with Crippen molar-refractivity contribution in [3.05, 3.63) is 79.7 Å². The van der Waals surface area contributed by atoms with Crippen LogP contribution in [-0.2, 0) is 16.8 Å². The summed E-state index contributed by atoms with van der Waals surface area (Å²) in [7, 11) is 2.01. The number of hydrogen-bond acceptors (Lipinski definition) is 5. The third-order valence-electron chi connectivity index (χ3n) is 6.51. The summed E-state index contributed by atoms with van der Waals surface area (Å²) in [6.07, 6.45) is 0. The van der Waals surface area contributed by atoms with Crippen molar-refractivity contribution in [2.75, 3.05) is 17.0 Å². The second-order valence-electron chi connectivity index (χ2n) is 8.85. The Morgan fingerprint density at radius 2 is 1.67 bits per heavy atom. The van der Waals surface area contributed by atoms with Crippen LogP contribution in [0, 0.1) is 0 Å². The molecule has 0 N–H and O–H groups in total. The Morgan fingerprint density at radius 3 is 2.33 bits per heavy atom. The van der Waals surface area contributed by atoms with Gasteiger partial charge < -0.3 is 4.90 Å². The second kappa shape index (κ2) is 7.56. The summed E-state index contributed by atoms with van der Waals surface area (Å²) >= 11 is 1.39. The lowest BCUT2D eigenvalue weighted by molar-refractivity contribution is -0.112. The number of hydrazone groups is 1. The summed E-state index contributed by atoms with van der Waals surface area (Å²) < 4.78 is 3.04. The molecular weight excluding hydrogens is 432 g/mol. The zero-order chi connectivity index (χ0) is 23.5. The van der Waals surface area contributed by atoms with E-state index in [0.29, 0.717) is 32.7 Å². The number of thiazole rings is 1. The number of carbonyl (C=O) groups excluding carboxylic acids is 1. The van der Waals surface area contributed by atoms with Crippen molar-refractivity contribution >= 4 is 45.6 Å². The summed E-state index contributed by atoms with van der Waals surface area (Å²) in [5, 5.41) is 5.94. The summed E-state index contributed by atoms with van der Waals surface area (Å²) in [4.78, 5) is 29.2. The van der Waals surface area contributed by atoms with Crippen LogP contribution in [0.5, 0.6) is 0 Å². The Labute approximate surface area is 196 Å². The molecule has 0 aliphatic carbocycles. The van der Waals surface area contributed by atoms with Gasteiger partial charge >= 0.3 is 0 Å². The molecule has 0 spiro atoms. The van der Waals surface area contributed by atoms with Gasteiger partial charge in [0.15, 0.2) is 0 Å². The number of fused-ring (bicyclic) bond motifs is 1. The smallest absolute Gasteiger partial charge is 0.283 e. The molecule has 168 valence electrons. The van der Waals surface area contributed by atoms with E-state index in [-0.39, 0.29) is 16.9 Å². The van der Waals surface area contributed by atoms with Gasteiger partial charge in [-0.05, 0) is 37.6 Å². The van der Waals surface area contributed by atoms with E-state index in [9.17, 15) is 9.59 Å². The number of benzene rings is 2. The molecule has 3 heterocycles. The minimum Gasteiger partial charge on any atom is -0.346 e. The van der Waals surface area contributed by atoms with Crippen molar-refractivity contribution < 1.29 is 4.79 Å². The van der Waals surface area contributed by atoms with E-state index < -0.39 is 0 Å². The van der Waals surface area contributed by atoms with E-state index in [0.717, 1.165) is 11.4 Å². The fraction of sp³-hybridized carbons (Fsp3) is 0.269. The molecule has 2 aliphatic rings. The molecule has 0 saturated carbocycles. The Morgan fingerprint density at radius 1 is 1.00 bits per heavy atom. The monoisotopic (exact) mass is 458 g/mol. The van der Waals surface area contributed by atoms with Gasteiger partial charge in [-0.3, -0.25) is 14.2 Å². The lowest BCUT2D eigenvalue weighted by Crippen LogP contribution is -2.38. The molecule has 6 nitrogen and oxygen atoms in total. The highest BCUT2D eigenvalue weighted by molar-refractivity contribution is 7.08. The van der Waals surface area contributed by atoms with Crippen LogP contribution >= 0.6 is 11.3 Å². The second-order valence-corrected chi connectivity index (χ2v) is 9.85. The largest absolute Gasteiger partial charge is 0.346 e. The van der Waals surface area contributed by atoms with Gasteiger partial charge in [0.2, 0.25) is 0 Å². The molecule has 0 bridgehead atoms. The molecule has 1 aromatic heterocycles. The Balaban J connectivity index is 1.79. The molecule has 0 fully saturated rings. The molecule has 0 unspecified atom stereocenters. The normalized spacial score (nSPS) is 20.4. The summed E-state index contributed by atoms with van der Waals surface area (Å²) in [6, 6.07) is 17.6. The van der Waals surface area contributed by atoms with Gasteiger partial charge in [-0.1, -0.05) is 50.2 Å². The molecule has 2 aromatic carbocycles. The van der Waals surface area contributed by atoms with Gasteiger partial charge in [0.05, 0.1) is 22.7 Å². The third kappa shape index (κ3) is 3.03. The Kier molecular flexibility index (Phi) is 4.90. The summed E-state index contributed by atoms with van der Waals surface area (Å²) in [5.41, 5.74) is 4.68. The van der Waals surface area contributed by atoms with Crippen molar-refractivity contribution in [3.63, 3.8) is 0 Å². The first-order valence-corrected chi connectivity index (χ1v) is 11.9. The van der Waals surface area contributed by atoms with Gasteiger partial charge in [0.25, 0.3) is 11.5 Å². The van der Waals surface area contributed by atoms with Crippen LogP contribution in [0.1, 0.15) is 33.3 Å². The van der Waals surface area contributed by atoms with Crippen LogP contribution in [0.25, 0.3) is 11.3 Å². The van der Waals surface area contributed by atoms with E-state index in [4.69, 9.17) is 0 Å². The molecule has 0 saturated heterocycles. The third-order valence-corrected chi connectivity index (χ3v) is 7.70. The van der Waals surface area contributed by atoms with Gasteiger partial charge in [-0.25, -0.2) is 0 Å². The minimum absolute atomic E-state index is 0.0634. The SMILES string of the molecule is CCn1c(=O)/c(=C2\N(C)c3ccccc3C2(C)C)s/c1=C1/C(=O)N(c2ccccc2)N=C1C. The molecule has 0 radical (unpaired) electrons. The quantitative estimate of drug-likeness (QED) is 0.593. The summed E-state index contributed by atoms with van der Waals surface area (Å²) in [6.45, 7) is 8.54. The highest BCUT2D eigenvalue weighted by Crippen LogP contribution is 2.46. The fourth-order valence-electron chi connectivity index (χ4n) is 4.93. The topological polar surface area (TPSA) is 57.9 Å². The molecule has 3 aromatic rings. The minimum atomic E-state index is -0.332. The van der Waals surface area contributed by atoms with Crippen molar-refractivity contribution in [1.82, 2.24) is 4.57 Å². The lowest BCUT2D eigenvalue weighted by atomic mass is 9.84. The van der Waals surface area contributed by atoms with E-state index in [1.165, 1.54) is 21.9 Å². The average Bonchev–Trinajstić information content (AvgIpc) is 3.35. The predicted octanol–water partition coefficient (Wildman–Crippen LogP) is 3.04. The zero-order valence-electron chi connectivity index (χ0n) is 19.4. The number of carbonyl (C=O) groups is 1. The van der Waals surface area contributed by atoms with E-state index in [2.05, 4.69) is 36.0 Å². The van der Waals surface area contributed by atoms with Crippen LogP contribution in [0.2, 0.25) is 0 Å². The first-order chi connectivity index (χ1) is 15.8. The van der Waals surface area contributed by atoms with Crippen LogP contribution in [-0.4, -0.2) is 23.2 Å². The first-order valence-electron chi connectivity index (χ1n) is 11.0. The maximum Gasteiger partial charge on any atom is 0.283 e. The number of rotatable bonds is 2. The maximum absolute atomic E-state index is 13.7. The molecule has 0 atom stereocenters. The highest BCUT2D eigenvalue weighted by atomic mass is 32.1. The number of nitrogens with zero attached hydrogens (tertiary/aromatic N) is 4. The standard InChI is InChI=1S/C26H26N4O2S/c1-6-29-24(32)21(22-26(3,4)18-14-10-11-15-19(18)28(22)5)33-25(29)20-16(2)27-30(23(20)31)17-12-8-7-9-13-17/h7-15H,6H2,1-5H3/b22-21+,25-20+. The van der Waals surface area contributed by atoms with Gasteiger partial charge in [0.1, 0.15) is 9.20 Å². The van der Waals surface area contributed by atoms with Crippen molar-refractivity contribution in [3.8, 4) is 0 Å². The van der Waals surface area contributed by atoms with Gasteiger partial charge in [-0.15, -0.1) is 11.3 Å². The van der Waals surface area contributed by atoms with E-state index >= 15 is 0 Å². The molecule has 2 aliphatic heterocycles. The van der Waals surface area contributed by atoms with E-state index in [1.54, 1.807) is 4.57 Å². The Bertz CT molecular complexity index is 1490. The lowest BCUT2D eigenvalue weighted by Gasteiger charge is -2.23. The van der Waals surface area contributed by atoms with Crippen molar-refractivity contribution in [1.29, 1.82) is 0 Å². The van der Waals surface area contributed by atoms with E-state index in [1.807, 2.05) is 63.4 Å².